The van der Waals surface area contributed by atoms with Crippen LogP contribution in [-0.2, 0) is 0 Å². The Balaban J connectivity index is 2.10. The predicted molar refractivity (Wildman–Crippen MR) is 95.2 cm³/mol. The van der Waals surface area contributed by atoms with Crippen molar-refractivity contribution in [2.45, 2.75) is 33.1 Å². The number of hydrogen-bond donors (Lipinski definition) is 0. The van der Waals surface area contributed by atoms with Crippen LogP contribution in [0.15, 0.2) is 72.3 Å². The zero-order valence-corrected chi connectivity index (χ0v) is 13.7. The topological polar surface area (TPSA) is 0 Å². The van der Waals surface area contributed by atoms with Gasteiger partial charge in [-0.15, -0.1) is 0 Å². The molecule has 0 aromatic heterocycles. The van der Waals surface area contributed by atoms with Crippen LogP contribution in [0.2, 0.25) is 0 Å². The summed E-state index contributed by atoms with van der Waals surface area (Å²) in [5, 5.41) is 0. The summed E-state index contributed by atoms with van der Waals surface area (Å²) in [6.07, 6.45) is 8.01. The second kappa shape index (κ2) is 6.36. The molecule has 0 bridgehead atoms. The van der Waals surface area contributed by atoms with Crippen molar-refractivity contribution in [3.63, 3.8) is 0 Å². The van der Waals surface area contributed by atoms with Crippen LogP contribution in [0.4, 0.5) is 0 Å². The monoisotopic (exact) mass is 288 g/mol. The number of hydrogen-bond acceptors (Lipinski definition) is 0. The van der Waals surface area contributed by atoms with Crippen molar-refractivity contribution in [3.8, 4) is 0 Å². The Morgan fingerprint density at radius 1 is 0.909 bits per heavy atom. The normalized spacial score (nSPS) is 17.1. The SMILES string of the molecule is CCC1=CC=CC1C(c1cccc(C)c1)c1cccc(C)c1. The maximum Gasteiger partial charge on any atom is 0.0190 e. The van der Waals surface area contributed by atoms with E-state index in [4.69, 9.17) is 0 Å². The van der Waals surface area contributed by atoms with Gasteiger partial charge in [0.15, 0.2) is 0 Å². The van der Waals surface area contributed by atoms with Gasteiger partial charge in [0, 0.05) is 11.8 Å². The Morgan fingerprint density at radius 3 is 2.00 bits per heavy atom. The highest BCUT2D eigenvalue weighted by molar-refractivity contribution is 5.43. The minimum atomic E-state index is 0.407. The van der Waals surface area contributed by atoms with Crippen molar-refractivity contribution < 1.29 is 0 Å². The highest BCUT2D eigenvalue weighted by atomic mass is 14.3. The third-order valence-electron chi connectivity index (χ3n) is 4.63. The Labute approximate surface area is 134 Å². The van der Waals surface area contributed by atoms with E-state index in [0.717, 1.165) is 6.42 Å². The van der Waals surface area contributed by atoms with E-state index in [1.54, 1.807) is 0 Å². The van der Waals surface area contributed by atoms with Crippen molar-refractivity contribution >= 4 is 0 Å². The van der Waals surface area contributed by atoms with E-state index in [9.17, 15) is 0 Å². The Bertz CT molecular complexity index is 673. The molecule has 112 valence electrons. The molecule has 0 saturated heterocycles. The average molecular weight is 288 g/mol. The van der Waals surface area contributed by atoms with Crippen LogP contribution < -0.4 is 0 Å². The lowest BCUT2D eigenvalue weighted by atomic mass is 9.77. The van der Waals surface area contributed by atoms with Gasteiger partial charge >= 0.3 is 0 Å². The molecule has 0 heterocycles. The van der Waals surface area contributed by atoms with Crippen molar-refractivity contribution in [1.29, 1.82) is 0 Å². The quantitative estimate of drug-likeness (QED) is 0.651. The van der Waals surface area contributed by atoms with Crippen molar-refractivity contribution in [1.82, 2.24) is 0 Å². The Hall–Kier alpha value is -2.08. The van der Waals surface area contributed by atoms with Gasteiger partial charge in [0.05, 0.1) is 0 Å². The highest BCUT2D eigenvalue weighted by Gasteiger charge is 2.27. The second-order valence-corrected chi connectivity index (χ2v) is 6.31. The minimum absolute atomic E-state index is 0.407. The van der Waals surface area contributed by atoms with E-state index in [2.05, 4.69) is 87.5 Å². The van der Waals surface area contributed by atoms with Gasteiger partial charge in [0.1, 0.15) is 0 Å². The summed E-state index contributed by atoms with van der Waals surface area (Å²) in [5.41, 5.74) is 7.04. The molecule has 0 spiro atoms. The zero-order valence-electron chi connectivity index (χ0n) is 13.7. The fourth-order valence-corrected chi connectivity index (χ4v) is 3.55. The third kappa shape index (κ3) is 2.92. The third-order valence-corrected chi connectivity index (χ3v) is 4.63. The lowest BCUT2D eigenvalue weighted by Crippen LogP contribution is -2.14. The molecule has 22 heavy (non-hydrogen) atoms. The Morgan fingerprint density at radius 2 is 1.50 bits per heavy atom. The van der Waals surface area contributed by atoms with Crippen LogP contribution in [-0.4, -0.2) is 0 Å². The van der Waals surface area contributed by atoms with Gasteiger partial charge in [-0.05, 0) is 31.4 Å². The summed E-state index contributed by atoms with van der Waals surface area (Å²) in [4.78, 5) is 0. The number of aryl methyl sites for hydroxylation is 2. The lowest BCUT2D eigenvalue weighted by Gasteiger charge is -2.26. The van der Waals surface area contributed by atoms with E-state index in [-0.39, 0.29) is 0 Å². The van der Waals surface area contributed by atoms with Crippen LogP contribution in [0.5, 0.6) is 0 Å². The molecule has 0 aliphatic heterocycles. The first-order chi connectivity index (χ1) is 10.7. The largest absolute Gasteiger partial charge is 0.0764 e. The van der Waals surface area contributed by atoms with Gasteiger partial charge in [-0.2, -0.15) is 0 Å². The van der Waals surface area contributed by atoms with Gasteiger partial charge in [0.2, 0.25) is 0 Å². The van der Waals surface area contributed by atoms with Crippen molar-refractivity contribution in [3.05, 3.63) is 94.6 Å². The number of rotatable bonds is 4. The summed E-state index contributed by atoms with van der Waals surface area (Å²) in [6, 6.07) is 18.0. The summed E-state index contributed by atoms with van der Waals surface area (Å²) < 4.78 is 0. The summed E-state index contributed by atoms with van der Waals surface area (Å²) >= 11 is 0. The van der Waals surface area contributed by atoms with Crippen LogP contribution >= 0.6 is 0 Å². The summed E-state index contributed by atoms with van der Waals surface area (Å²) in [6.45, 7) is 6.62. The molecule has 3 rings (SSSR count). The molecule has 0 fully saturated rings. The predicted octanol–water partition coefficient (Wildman–Crippen LogP) is 5.96. The first-order valence-electron chi connectivity index (χ1n) is 8.19. The zero-order chi connectivity index (χ0) is 15.5. The van der Waals surface area contributed by atoms with Crippen molar-refractivity contribution in [2.75, 3.05) is 0 Å². The molecule has 0 radical (unpaired) electrons. The van der Waals surface area contributed by atoms with E-state index in [0.29, 0.717) is 11.8 Å². The minimum Gasteiger partial charge on any atom is -0.0764 e. The smallest absolute Gasteiger partial charge is 0.0190 e. The second-order valence-electron chi connectivity index (χ2n) is 6.31. The lowest BCUT2D eigenvalue weighted by molar-refractivity contribution is 0.639. The van der Waals surface area contributed by atoms with Gasteiger partial charge in [0.25, 0.3) is 0 Å². The fourth-order valence-electron chi connectivity index (χ4n) is 3.55. The van der Waals surface area contributed by atoms with E-state index < -0.39 is 0 Å². The molecule has 1 unspecified atom stereocenters. The molecule has 0 nitrogen and oxygen atoms in total. The molecule has 2 aromatic rings. The fraction of sp³-hybridized carbons (Fsp3) is 0.273. The molecule has 1 aliphatic rings. The highest BCUT2D eigenvalue weighted by Crippen LogP contribution is 2.40. The molecule has 0 saturated carbocycles. The molecular weight excluding hydrogens is 264 g/mol. The first kappa shape index (κ1) is 14.8. The van der Waals surface area contributed by atoms with Crippen LogP contribution in [0, 0.1) is 19.8 Å². The Kier molecular flexibility index (Phi) is 4.29. The van der Waals surface area contributed by atoms with Crippen LogP contribution in [0.25, 0.3) is 0 Å². The first-order valence-corrected chi connectivity index (χ1v) is 8.19. The molecule has 0 amide bonds. The van der Waals surface area contributed by atoms with Crippen molar-refractivity contribution in [2.24, 2.45) is 5.92 Å². The number of allylic oxidation sites excluding steroid dienone is 4. The molecule has 2 aromatic carbocycles. The summed E-state index contributed by atoms with van der Waals surface area (Å²) in [7, 11) is 0. The summed E-state index contributed by atoms with van der Waals surface area (Å²) in [5.74, 6) is 0.887. The molecule has 1 atom stereocenters. The number of benzene rings is 2. The molecule has 0 heteroatoms. The van der Waals surface area contributed by atoms with E-state index >= 15 is 0 Å². The average Bonchev–Trinajstić information content (AvgIpc) is 2.96. The van der Waals surface area contributed by atoms with Gasteiger partial charge < -0.3 is 0 Å². The van der Waals surface area contributed by atoms with Gasteiger partial charge in [-0.3, -0.25) is 0 Å². The standard InChI is InChI=1S/C22H24/c1-4-18-10-7-13-21(18)22(19-11-5-8-16(2)14-19)20-12-6-9-17(3)15-20/h5-15,21-22H,4H2,1-3H3. The maximum atomic E-state index is 2.37. The molecular formula is C22H24. The van der Waals surface area contributed by atoms with Crippen LogP contribution in [0.3, 0.4) is 0 Å². The van der Waals surface area contributed by atoms with E-state index in [1.165, 1.54) is 27.8 Å². The van der Waals surface area contributed by atoms with Gasteiger partial charge in [-0.1, -0.05) is 90.4 Å². The molecule has 1 aliphatic carbocycles. The molecule has 0 N–H and O–H groups in total. The van der Waals surface area contributed by atoms with Gasteiger partial charge in [-0.25, -0.2) is 0 Å². The van der Waals surface area contributed by atoms with E-state index in [1.807, 2.05) is 0 Å². The maximum absolute atomic E-state index is 2.37. The van der Waals surface area contributed by atoms with Crippen LogP contribution in [0.1, 0.15) is 41.5 Å².